The molecule has 0 radical (unpaired) electrons. The van der Waals surface area contributed by atoms with Gasteiger partial charge in [-0.3, -0.25) is 9.88 Å². The van der Waals surface area contributed by atoms with Crippen LogP contribution in [0.15, 0.2) is 41.9 Å². The molecule has 1 fully saturated rings. The van der Waals surface area contributed by atoms with E-state index in [4.69, 9.17) is 4.74 Å². The molecule has 2 aromatic rings. The van der Waals surface area contributed by atoms with Crippen LogP contribution in [0.5, 0.6) is 0 Å². The predicted octanol–water partition coefficient (Wildman–Crippen LogP) is 2.31. The van der Waals surface area contributed by atoms with Crippen molar-refractivity contribution in [2.24, 2.45) is 0 Å². The highest BCUT2D eigenvalue weighted by Gasteiger charge is 2.22. The fraction of sp³-hybridized carbons (Fsp3) is 0.438. The average Bonchev–Trinajstić information content (AvgIpc) is 3.07. The van der Waals surface area contributed by atoms with E-state index < -0.39 is 0 Å². The second-order valence-corrected chi connectivity index (χ2v) is 6.11. The van der Waals surface area contributed by atoms with Gasteiger partial charge in [-0.1, -0.05) is 12.1 Å². The summed E-state index contributed by atoms with van der Waals surface area (Å²) in [6.45, 7) is 5.44. The van der Waals surface area contributed by atoms with Gasteiger partial charge < -0.3 is 10.1 Å². The monoisotopic (exact) mass is 303 g/mol. The Morgan fingerprint density at radius 2 is 2.14 bits per heavy atom. The molecule has 1 atom stereocenters. The molecule has 112 valence electrons. The molecule has 0 spiro atoms. The van der Waals surface area contributed by atoms with E-state index in [0.717, 1.165) is 45.1 Å². The highest BCUT2D eigenvalue weighted by atomic mass is 32.1. The first-order valence-corrected chi connectivity index (χ1v) is 8.27. The molecule has 0 unspecified atom stereocenters. The standard InChI is InChI=1S/C16H21N3OS/c1-2-6-18-14(4-1)12-17-13-15(16-5-3-11-21-16)19-7-9-20-10-8-19/h1-6,11,15,17H,7-10,12-13H2/t15-/m1/s1. The maximum atomic E-state index is 5.47. The third-order valence-corrected chi connectivity index (χ3v) is 4.70. The highest BCUT2D eigenvalue weighted by Crippen LogP contribution is 2.25. The first-order chi connectivity index (χ1) is 10.4. The molecule has 4 nitrogen and oxygen atoms in total. The van der Waals surface area contributed by atoms with Crippen LogP contribution >= 0.6 is 11.3 Å². The molecule has 21 heavy (non-hydrogen) atoms. The summed E-state index contributed by atoms with van der Waals surface area (Å²) in [6, 6.07) is 10.8. The summed E-state index contributed by atoms with van der Waals surface area (Å²) in [7, 11) is 0. The maximum absolute atomic E-state index is 5.47. The molecule has 1 saturated heterocycles. The second-order valence-electron chi connectivity index (χ2n) is 5.13. The van der Waals surface area contributed by atoms with Gasteiger partial charge in [-0.2, -0.15) is 0 Å². The largest absolute Gasteiger partial charge is 0.379 e. The summed E-state index contributed by atoms with van der Waals surface area (Å²) in [5.74, 6) is 0. The maximum Gasteiger partial charge on any atom is 0.0594 e. The number of hydrogen-bond donors (Lipinski definition) is 1. The lowest BCUT2D eigenvalue weighted by molar-refractivity contribution is 0.0168. The Morgan fingerprint density at radius 3 is 2.86 bits per heavy atom. The summed E-state index contributed by atoms with van der Waals surface area (Å²) >= 11 is 1.83. The number of nitrogens with one attached hydrogen (secondary N) is 1. The van der Waals surface area contributed by atoms with Gasteiger partial charge >= 0.3 is 0 Å². The molecule has 0 aromatic carbocycles. The van der Waals surface area contributed by atoms with Crippen molar-refractivity contribution in [3.8, 4) is 0 Å². The third-order valence-electron chi connectivity index (χ3n) is 3.73. The van der Waals surface area contributed by atoms with Crippen LogP contribution in [0, 0.1) is 0 Å². The lowest BCUT2D eigenvalue weighted by Gasteiger charge is -2.34. The van der Waals surface area contributed by atoms with Gasteiger partial charge in [0.15, 0.2) is 0 Å². The molecule has 5 heteroatoms. The SMILES string of the molecule is c1ccc(CNC[C@H](c2cccs2)N2CCOCC2)nc1. The smallest absolute Gasteiger partial charge is 0.0594 e. The van der Waals surface area contributed by atoms with Crippen molar-refractivity contribution in [1.29, 1.82) is 0 Å². The van der Waals surface area contributed by atoms with Crippen molar-refractivity contribution in [3.05, 3.63) is 52.5 Å². The summed E-state index contributed by atoms with van der Waals surface area (Å²) in [5.41, 5.74) is 1.09. The fourth-order valence-corrected chi connectivity index (χ4v) is 3.48. The zero-order valence-corrected chi connectivity index (χ0v) is 12.9. The highest BCUT2D eigenvalue weighted by molar-refractivity contribution is 7.10. The Bertz CT molecular complexity index is 512. The quantitative estimate of drug-likeness (QED) is 0.888. The van der Waals surface area contributed by atoms with Crippen molar-refractivity contribution in [1.82, 2.24) is 15.2 Å². The van der Waals surface area contributed by atoms with E-state index >= 15 is 0 Å². The zero-order valence-electron chi connectivity index (χ0n) is 12.1. The number of morpholine rings is 1. The molecule has 3 heterocycles. The predicted molar refractivity (Wildman–Crippen MR) is 85.4 cm³/mol. The van der Waals surface area contributed by atoms with Crippen LogP contribution in [0.3, 0.4) is 0 Å². The number of aromatic nitrogens is 1. The summed E-state index contributed by atoms with van der Waals surface area (Å²) in [4.78, 5) is 8.29. The van der Waals surface area contributed by atoms with Crippen LogP contribution in [0.2, 0.25) is 0 Å². The van der Waals surface area contributed by atoms with Crippen molar-refractivity contribution in [2.75, 3.05) is 32.8 Å². The first kappa shape index (κ1) is 14.7. The Kier molecular flexibility index (Phi) is 5.34. The van der Waals surface area contributed by atoms with Gasteiger partial charge in [0.05, 0.1) is 24.9 Å². The normalized spacial score (nSPS) is 17.7. The van der Waals surface area contributed by atoms with Crippen LogP contribution < -0.4 is 5.32 Å². The summed E-state index contributed by atoms with van der Waals surface area (Å²) in [6.07, 6.45) is 1.84. The minimum absolute atomic E-state index is 0.428. The number of pyridine rings is 1. The molecule has 3 rings (SSSR count). The molecule has 1 aliphatic rings. The third kappa shape index (κ3) is 4.11. The molecule has 0 aliphatic carbocycles. The molecule has 1 N–H and O–H groups in total. The Hall–Kier alpha value is -1.27. The van der Waals surface area contributed by atoms with E-state index in [0.29, 0.717) is 6.04 Å². The van der Waals surface area contributed by atoms with Crippen LogP contribution in [0.4, 0.5) is 0 Å². The number of ether oxygens (including phenoxy) is 1. The Labute approximate surface area is 129 Å². The first-order valence-electron chi connectivity index (χ1n) is 7.39. The molecule has 0 amide bonds. The zero-order chi connectivity index (χ0) is 14.3. The van der Waals surface area contributed by atoms with Gasteiger partial charge in [-0.05, 0) is 23.6 Å². The van der Waals surface area contributed by atoms with Gasteiger partial charge in [0.1, 0.15) is 0 Å². The lowest BCUT2D eigenvalue weighted by Crippen LogP contribution is -2.42. The minimum atomic E-state index is 0.428. The number of rotatable bonds is 6. The van der Waals surface area contributed by atoms with Crippen LogP contribution in [-0.4, -0.2) is 42.7 Å². The van der Waals surface area contributed by atoms with Crippen LogP contribution in [0.1, 0.15) is 16.6 Å². The van der Waals surface area contributed by atoms with Crippen molar-refractivity contribution in [2.45, 2.75) is 12.6 Å². The van der Waals surface area contributed by atoms with Gasteiger partial charge in [0.2, 0.25) is 0 Å². The van der Waals surface area contributed by atoms with Crippen molar-refractivity contribution in [3.63, 3.8) is 0 Å². The molecular weight excluding hydrogens is 282 g/mol. The topological polar surface area (TPSA) is 37.4 Å². The van der Waals surface area contributed by atoms with E-state index in [-0.39, 0.29) is 0 Å². The van der Waals surface area contributed by atoms with E-state index in [2.05, 4.69) is 38.8 Å². The van der Waals surface area contributed by atoms with E-state index in [1.165, 1.54) is 4.88 Å². The van der Waals surface area contributed by atoms with Crippen LogP contribution in [-0.2, 0) is 11.3 Å². The van der Waals surface area contributed by atoms with Crippen LogP contribution in [0.25, 0.3) is 0 Å². The lowest BCUT2D eigenvalue weighted by atomic mass is 10.2. The van der Waals surface area contributed by atoms with E-state index in [9.17, 15) is 0 Å². The van der Waals surface area contributed by atoms with Crippen molar-refractivity contribution < 1.29 is 4.74 Å². The van der Waals surface area contributed by atoms with E-state index in [1.54, 1.807) is 0 Å². The fourth-order valence-electron chi connectivity index (χ4n) is 2.62. The number of hydrogen-bond acceptors (Lipinski definition) is 5. The number of thiophene rings is 1. The molecule has 1 aliphatic heterocycles. The molecule has 0 bridgehead atoms. The van der Waals surface area contributed by atoms with Gasteiger partial charge in [0.25, 0.3) is 0 Å². The Balaban J connectivity index is 1.59. The number of nitrogens with zero attached hydrogens (tertiary/aromatic N) is 2. The van der Waals surface area contributed by atoms with E-state index in [1.807, 2.05) is 29.7 Å². The van der Waals surface area contributed by atoms with Gasteiger partial charge in [-0.25, -0.2) is 0 Å². The van der Waals surface area contributed by atoms with Gasteiger partial charge in [-0.15, -0.1) is 11.3 Å². The van der Waals surface area contributed by atoms with Gasteiger partial charge in [0, 0.05) is 37.3 Å². The average molecular weight is 303 g/mol. The second kappa shape index (κ2) is 7.66. The molecular formula is C16H21N3OS. The Morgan fingerprint density at radius 1 is 1.24 bits per heavy atom. The summed E-state index contributed by atoms with van der Waals surface area (Å²) in [5, 5.41) is 5.70. The van der Waals surface area contributed by atoms with Crippen molar-refractivity contribution >= 4 is 11.3 Å². The molecule has 0 saturated carbocycles. The summed E-state index contributed by atoms with van der Waals surface area (Å²) < 4.78 is 5.47. The minimum Gasteiger partial charge on any atom is -0.379 e. The molecule has 2 aromatic heterocycles.